The van der Waals surface area contributed by atoms with E-state index in [2.05, 4.69) is 9.44 Å². The van der Waals surface area contributed by atoms with Crippen LogP contribution in [0.15, 0.2) is 0 Å². The molecule has 0 spiro atoms. The van der Waals surface area contributed by atoms with Gasteiger partial charge in [0.15, 0.2) is 0 Å². The van der Waals surface area contributed by atoms with Crippen molar-refractivity contribution in [2.24, 2.45) is 10.8 Å². The molecule has 0 heterocycles. The first-order valence-corrected chi connectivity index (χ1v) is 15.7. The van der Waals surface area contributed by atoms with Crippen LogP contribution in [0.4, 0.5) is 0 Å². The molecule has 2 amide bonds. The van der Waals surface area contributed by atoms with Gasteiger partial charge in [-0.3, -0.25) is 19.0 Å². The van der Waals surface area contributed by atoms with Crippen molar-refractivity contribution in [3.63, 3.8) is 0 Å². The van der Waals surface area contributed by atoms with Crippen LogP contribution in [-0.2, 0) is 29.6 Å². The SMILES string of the molecule is CS(=O)(=O)NC(=O)C1(CCCCCCCCCCCCC2(C(=O)NS(C)(=O)=O)CC2)CC1. The number of hydrogen-bond acceptors (Lipinski definition) is 6. The minimum absolute atomic E-state index is 0.330. The van der Waals surface area contributed by atoms with Crippen molar-refractivity contribution in [3.05, 3.63) is 0 Å². The monoisotopic (exact) mass is 492 g/mol. The third-order valence-corrected chi connectivity index (χ3v) is 7.90. The van der Waals surface area contributed by atoms with Crippen LogP contribution in [0, 0.1) is 10.8 Å². The highest BCUT2D eigenvalue weighted by molar-refractivity contribution is 7.89. The van der Waals surface area contributed by atoms with Crippen molar-refractivity contribution in [2.75, 3.05) is 12.5 Å². The van der Waals surface area contributed by atoms with Gasteiger partial charge in [0.25, 0.3) is 0 Å². The van der Waals surface area contributed by atoms with Crippen LogP contribution in [0.3, 0.4) is 0 Å². The van der Waals surface area contributed by atoms with Crippen molar-refractivity contribution in [2.45, 2.75) is 103 Å². The Morgan fingerprint density at radius 2 is 0.812 bits per heavy atom. The van der Waals surface area contributed by atoms with Crippen molar-refractivity contribution >= 4 is 31.9 Å². The minimum atomic E-state index is -3.47. The van der Waals surface area contributed by atoms with Gasteiger partial charge in [0.05, 0.1) is 23.3 Å². The normalized spacial score (nSPS) is 18.7. The molecule has 0 radical (unpaired) electrons. The Morgan fingerprint density at radius 3 is 1.03 bits per heavy atom. The van der Waals surface area contributed by atoms with Crippen molar-refractivity contribution in [3.8, 4) is 0 Å². The van der Waals surface area contributed by atoms with Gasteiger partial charge in [-0.05, 0) is 38.5 Å². The van der Waals surface area contributed by atoms with Crippen LogP contribution in [0.5, 0.6) is 0 Å². The highest BCUT2D eigenvalue weighted by Crippen LogP contribution is 2.51. The molecule has 0 aromatic carbocycles. The Labute approximate surface area is 193 Å². The van der Waals surface area contributed by atoms with Crippen LogP contribution in [0.2, 0.25) is 0 Å². The molecule has 186 valence electrons. The van der Waals surface area contributed by atoms with E-state index in [-0.39, 0.29) is 11.8 Å². The molecular weight excluding hydrogens is 452 g/mol. The zero-order chi connectivity index (χ0) is 23.9. The van der Waals surface area contributed by atoms with Crippen LogP contribution in [0.25, 0.3) is 0 Å². The molecule has 0 saturated heterocycles. The van der Waals surface area contributed by atoms with E-state index in [9.17, 15) is 26.4 Å². The second kappa shape index (κ2) is 11.3. The molecule has 0 aromatic rings. The van der Waals surface area contributed by atoms with E-state index in [1.165, 1.54) is 25.7 Å². The molecule has 32 heavy (non-hydrogen) atoms. The Bertz CT molecular complexity index is 787. The molecule has 0 aromatic heterocycles. The van der Waals surface area contributed by atoms with Gasteiger partial charge < -0.3 is 0 Å². The highest BCUT2D eigenvalue weighted by atomic mass is 32.2. The second-order valence-electron chi connectivity index (χ2n) is 10.0. The number of nitrogens with one attached hydrogen (secondary N) is 2. The summed E-state index contributed by atoms with van der Waals surface area (Å²) in [5.41, 5.74) is -0.874. The standard InChI is InChI=1S/C22H40N2O6S2/c1-31(27,28)23-19(25)21(15-16-21)13-11-9-7-5-3-4-6-8-10-12-14-22(17-18-22)20(26)24-32(2,29)30/h3-18H2,1-2H3,(H,23,25)(H,24,26). The maximum Gasteiger partial charge on any atom is 0.239 e. The zero-order valence-electron chi connectivity index (χ0n) is 19.6. The van der Waals surface area contributed by atoms with Gasteiger partial charge >= 0.3 is 0 Å². The maximum atomic E-state index is 12.1. The van der Waals surface area contributed by atoms with Gasteiger partial charge in [-0.1, -0.05) is 64.2 Å². The van der Waals surface area contributed by atoms with Crippen molar-refractivity contribution < 1.29 is 26.4 Å². The predicted octanol–water partition coefficient (Wildman–Crippen LogP) is 3.38. The summed E-state index contributed by atoms with van der Waals surface area (Å²) in [6, 6.07) is 0. The summed E-state index contributed by atoms with van der Waals surface area (Å²) in [5, 5.41) is 0. The molecule has 8 nitrogen and oxygen atoms in total. The molecule has 2 aliphatic rings. The lowest BCUT2D eigenvalue weighted by Crippen LogP contribution is -2.36. The predicted molar refractivity (Wildman–Crippen MR) is 125 cm³/mol. The summed E-state index contributed by atoms with van der Waals surface area (Å²) in [7, 11) is -6.95. The summed E-state index contributed by atoms with van der Waals surface area (Å²) in [5.74, 6) is -0.660. The van der Waals surface area contributed by atoms with Gasteiger partial charge in [0, 0.05) is 0 Å². The summed E-state index contributed by atoms with van der Waals surface area (Å²) in [6.45, 7) is 0. The fourth-order valence-electron chi connectivity index (χ4n) is 4.38. The lowest BCUT2D eigenvalue weighted by molar-refractivity contribution is -0.125. The van der Waals surface area contributed by atoms with E-state index in [0.29, 0.717) is 0 Å². The van der Waals surface area contributed by atoms with E-state index in [1.54, 1.807) is 0 Å². The molecule has 0 aliphatic heterocycles. The zero-order valence-corrected chi connectivity index (χ0v) is 21.2. The number of carbonyl (C=O) groups is 2. The largest absolute Gasteiger partial charge is 0.273 e. The molecule has 0 unspecified atom stereocenters. The quantitative estimate of drug-likeness (QED) is 0.300. The van der Waals surface area contributed by atoms with Crippen LogP contribution >= 0.6 is 0 Å². The highest BCUT2D eigenvalue weighted by Gasteiger charge is 2.50. The van der Waals surface area contributed by atoms with E-state index < -0.39 is 30.9 Å². The molecule has 0 bridgehead atoms. The second-order valence-corrected chi connectivity index (χ2v) is 13.5. The van der Waals surface area contributed by atoms with Gasteiger partial charge in [-0.25, -0.2) is 16.8 Å². The maximum absolute atomic E-state index is 12.1. The molecular formula is C22H40N2O6S2. The fourth-order valence-corrected chi connectivity index (χ4v) is 5.48. The van der Waals surface area contributed by atoms with Crippen molar-refractivity contribution in [1.29, 1.82) is 0 Å². The van der Waals surface area contributed by atoms with Gasteiger partial charge in [-0.15, -0.1) is 0 Å². The third-order valence-electron chi connectivity index (χ3n) is 6.79. The molecule has 2 fully saturated rings. The number of unbranched alkanes of at least 4 members (excludes halogenated alkanes) is 9. The molecule has 2 saturated carbocycles. The van der Waals surface area contributed by atoms with Gasteiger partial charge in [-0.2, -0.15) is 0 Å². The number of hydrogen-bond donors (Lipinski definition) is 2. The summed E-state index contributed by atoms with van der Waals surface area (Å²) < 4.78 is 49.2. The van der Waals surface area contributed by atoms with Crippen molar-refractivity contribution in [1.82, 2.24) is 9.44 Å². The number of sulfonamides is 2. The number of rotatable bonds is 17. The number of amides is 2. The topological polar surface area (TPSA) is 126 Å². The van der Waals surface area contributed by atoms with E-state index >= 15 is 0 Å². The smallest absolute Gasteiger partial charge is 0.239 e. The number of carbonyl (C=O) groups excluding carboxylic acids is 2. The molecule has 2 rings (SSSR count). The third kappa shape index (κ3) is 9.77. The summed E-state index contributed by atoms with van der Waals surface area (Å²) in [6.07, 6.45) is 17.9. The Kier molecular flexibility index (Phi) is 9.58. The van der Waals surface area contributed by atoms with E-state index in [4.69, 9.17) is 0 Å². The molecule has 0 atom stereocenters. The first-order chi connectivity index (χ1) is 14.9. The van der Waals surface area contributed by atoms with Crippen LogP contribution in [0.1, 0.15) is 103 Å². The van der Waals surface area contributed by atoms with Gasteiger partial charge in [0.2, 0.25) is 31.9 Å². The Hall–Kier alpha value is -1.16. The molecule has 10 heteroatoms. The molecule has 2 aliphatic carbocycles. The minimum Gasteiger partial charge on any atom is -0.273 e. The van der Waals surface area contributed by atoms with E-state index in [0.717, 1.165) is 89.6 Å². The lowest BCUT2D eigenvalue weighted by Gasteiger charge is -2.14. The van der Waals surface area contributed by atoms with Crippen LogP contribution in [-0.4, -0.2) is 41.2 Å². The average Bonchev–Trinajstić information content (AvgIpc) is 3.55. The van der Waals surface area contributed by atoms with E-state index in [1.807, 2.05) is 0 Å². The summed E-state index contributed by atoms with van der Waals surface area (Å²) in [4.78, 5) is 24.1. The lowest BCUT2D eigenvalue weighted by atomic mass is 9.96. The van der Waals surface area contributed by atoms with Gasteiger partial charge in [0.1, 0.15) is 0 Å². The average molecular weight is 493 g/mol. The Balaban J connectivity index is 1.42. The van der Waals surface area contributed by atoms with Crippen LogP contribution < -0.4 is 9.44 Å². The molecule has 2 N–H and O–H groups in total. The fraction of sp³-hybridized carbons (Fsp3) is 0.909. The first-order valence-electron chi connectivity index (χ1n) is 11.9. The Morgan fingerprint density at radius 1 is 0.562 bits per heavy atom. The first kappa shape index (κ1) is 27.1. The summed E-state index contributed by atoms with van der Waals surface area (Å²) >= 11 is 0.